The van der Waals surface area contributed by atoms with E-state index in [0.717, 1.165) is 0 Å². The third kappa shape index (κ3) is 3.89. The van der Waals surface area contributed by atoms with E-state index >= 15 is 0 Å². The quantitative estimate of drug-likeness (QED) is 0.451. The van der Waals surface area contributed by atoms with Gasteiger partial charge in [-0.3, -0.25) is 15.0 Å². The monoisotopic (exact) mass is 238 g/mol. The molecule has 1 aromatic rings. The molecular weight excluding hydrogens is 228 g/mol. The number of halogens is 1. The zero-order valence-electron chi connectivity index (χ0n) is 9.03. The van der Waals surface area contributed by atoms with Crippen molar-refractivity contribution in [3.8, 4) is 11.8 Å². The second-order valence-electron chi connectivity index (χ2n) is 3.49. The average Bonchev–Trinajstić information content (AvgIpc) is 2.16. The van der Waals surface area contributed by atoms with Crippen molar-refractivity contribution in [2.45, 2.75) is 0 Å². The number of hydrogen-bond acceptors (Lipinski definition) is 3. The Hall–Kier alpha value is -1.57. The van der Waals surface area contributed by atoms with Gasteiger partial charge in [-0.25, -0.2) is 0 Å². The molecule has 0 saturated carbocycles. The molecule has 16 heavy (non-hydrogen) atoms. The molecule has 0 aliphatic rings. The van der Waals surface area contributed by atoms with Crippen LogP contribution in [0.1, 0.15) is 5.56 Å². The maximum Gasteiger partial charge on any atom is 0.272 e. The van der Waals surface area contributed by atoms with Gasteiger partial charge in [0.15, 0.2) is 0 Å². The molecule has 84 valence electrons. The van der Waals surface area contributed by atoms with E-state index in [1.165, 1.54) is 12.1 Å². The number of benzene rings is 1. The van der Waals surface area contributed by atoms with Gasteiger partial charge >= 0.3 is 0 Å². The first-order valence-electron chi connectivity index (χ1n) is 4.57. The molecule has 0 unspecified atom stereocenters. The molecule has 0 amide bonds. The normalized spacial score (nSPS) is 9.75. The van der Waals surface area contributed by atoms with Crippen LogP contribution in [-0.4, -0.2) is 30.5 Å². The zero-order valence-corrected chi connectivity index (χ0v) is 9.78. The molecule has 0 fully saturated rings. The van der Waals surface area contributed by atoms with Crippen molar-refractivity contribution in [2.75, 3.05) is 20.6 Å². The zero-order chi connectivity index (χ0) is 12.1. The molecule has 0 aromatic heterocycles. The molecule has 1 aromatic carbocycles. The van der Waals surface area contributed by atoms with E-state index in [0.29, 0.717) is 17.1 Å². The first kappa shape index (κ1) is 12.5. The maximum absolute atomic E-state index is 10.6. The summed E-state index contributed by atoms with van der Waals surface area (Å²) in [5.74, 6) is 5.72. The number of nitro benzene ring substituents is 1. The summed E-state index contributed by atoms with van der Waals surface area (Å²) in [6.45, 7) is 0.598. The van der Waals surface area contributed by atoms with Gasteiger partial charge < -0.3 is 0 Å². The van der Waals surface area contributed by atoms with Crippen LogP contribution in [0.3, 0.4) is 0 Å². The van der Waals surface area contributed by atoms with Crippen LogP contribution in [0.2, 0.25) is 5.02 Å². The molecule has 0 aliphatic heterocycles. The third-order valence-electron chi connectivity index (χ3n) is 1.72. The molecule has 0 heterocycles. The van der Waals surface area contributed by atoms with E-state index in [1.807, 2.05) is 19.0 Å². The van der Waals surface area contributed by atoms with Gasteiger partial charge in [0.2, 0.25) is 0 Å². The number of nitro groups is 1. The standard InChI is InChI=1S/C11H11ClN2O2/c1-13(2)5-3-4-9-6-10(12)8-11(7-9)14(15)16/h6-8H,5H2,1-2H3. The Morgan fingerprint density at radius 1 is 1.44 bits per heavy atom. The molecule has 0 saturated heterocycles. The minimum atomic E-state index is -0.483. The number of hydrogen-bond donors (Lipinski definition) is 0. The van der Waals surface area contributed by atoms with Crippen molar-refractivity contribution < 1.29 is 4.92 Å². The first-order valence-corrected chi connectivity index (χ1v) is 4.95. The maximum atomic E-state index is 10.6. The minimum Gasteiger partial charge on any atom is -0.299 e. The van der Waals surface area contributed by atoms with E-state index in [-0.39, 0.29) is 5.69 Å². The van der Waals surface area contributed by atoms with E-state index in [2.05, 4.69) is 11.8 Å². The first-order chi connectivity index (χ1) is 7.49. The molecular formula is C11H11ClN2O2. The summed E-state index contributed by atoms with van der Waals surface area (Å²) in [6.07, 6.45) is 0. The molecule has 0 aliphatic carbocycles. The predicted molar refractivity (Wildman–Crippen MR) is 63.5 cm³/mol. The van der Waals surface area contributed by atoms with E-state index < -0.39 is 4.92 Å². The van der Waals surface area contributed by atoms with Crippen molar-refractivity contribution in [3.63, 3.8) is 0 Å². The molecule has 0 bridgehead atoms. The molecule has 5 heteroatoms. The van der Waals surface area contributed by atoms with Gasteiger partial charge in [0.1, 0.15) is 0 Å². The van der Waals surface area contributed by atoms with E-state index in [1.54, 1.807) is 6.07 Å². The fourth-order valence-electron chi connectivity index (χ4n) is 1.05. The third-order valence-corrected chi connectivity index (χ3v) is 1.94. The Balaban J connectivity index is 2.95. The van der Waals surface area contributed by atoms with E-state index in [4.69, 9.17) is 11.6 Å². The lowest BCUT2D eigenvalue weighted by atomic mass is 10.2. The lowest BCUT2D eigenvalue weighted by Crippen LogP contribution is -2.10. The average molecular weight is 239 g/mol. The summed E-state index contributed by atoms with van der Waals surface area (Å²) in [6, 6.07) is 4.32. The molecule has 0 N–H and O–H groups in total. The van der Waals surface area contributed by atoms with Gasteiger partial charge in [-0.05, 0) is 20.2 Å². The number of non-ortho nitro benzene ring substituents is 1. The van der Waals surface area contributed by atoms with Crippen LogP contribution in [0.4, 0.5) is 5.69 Å². The summed E-state index contributed by atoms with van der Waals surface area (Å²) in [4.78, 5) is 12.0. The van der Waals surface area contributed by atoms with Crippen LogP contribution in [0.25, 0.3) is 0 Å². The fourth-order valence-corrected chi connectivity index (χ4v) is 1.28. The Labute approximate surface area is 99.0 Å². The molecule has 0 atom stereocenters. The van der Waals surface area contributed by atoms with Crippen LogP contribution in [0, 0.1) is 22.0 Å². The number of rotatable bonds is 2. The van der Waals surface area contributed by atoms with Crippen molar-refractivity contribution in [1.29, 1.82) is 0 Å². The largest absolute Gasteiger partial charge is 0.299 e. The Morgan fingerprint density at radius 3 is 2.69 bits per heavy atom. The van der Waals surface area contributed by atoms with Crippen molar-refractivity contribution in [2.24, 2.45) is 0 Å². The van der Waals surface area contributed by atoms with Crippen LogP contribution in [-0.2, 0) is 0 Å². The highest BCUT2D eigenvalue weighted by Crippen LogP contribution is 2.20. The minimum absolute atomic E-state index is 0.0401. The summed E-state index contributed by atoms with van der Waals surface area (Å²) < 4.78 is 0. The number of nitrogens with zero attached hydrogens (tertiary/aromatic N) is 2. The fraction of sp³-hybridized carbons (Fsp3) is 0.273. The van der Waals surface area contributed by atoms with Crippen molar-refractivity contribution >= 4 is 17.3 Å². The Morgan fingerprint density at radius 2 is 2.12 bits per heavy atom. The molecule has 0 radical (unpaired) electrons. The van der Waals surface area contributed by atoms with Gasteiger partial charge in [0, 0.05) is 22.7 Å². The van der Waals surface area contributed by atoms with Gasteiger partial charge in [0.05, 0.1) is 11.5 Å². The van der Waals surface area contributed by atoms with Gasteiger partial charge in [-0.15, -0.1) is 0 Å². The Kier molecular flexibility index (Phi) is 4.29. The topological polar surface area (TPSA) is 46.4 Å². The Bertz CT molecular complexity index is 461. The van der Waals surface area contributed by atoms with Crippen LogP contribution < -0.4 is 0 Å². The second kappa shape index (κ2) is 5.50. The highest BCUT2D eigenvalue weighted by molar-refractivity contribution is 6.30. The summed E-state index contributed by atoms with van der Waals surface area (Å²) in [5.41, 5.74) is 0.516. The molecule has 1 rings (SSSR count). The van der Waals surface area contributed by atoms with Crippen molar-refractivity contribution in [3.05, 3.63) is 38.9 Å². The summed E-state index contributed by atoms with van der Waals surface area (Å²) in [7, 11) is 3.80. The molecule has 4 nitrogen and oxygen atoms in total. The lowest BCUT2D eigenvalue weighted by Gasteiger charge is -2.01. The lowest BCUT2D eigenvalue weighted by molar-refractivity contribution is -0.384. The van der Waals surface area contributed by atoms with E-state index in [9.17, 15) is 10.1 Å². The van der Waals surface area contributed by atoms with Crippen LogP contribution >= 0.6 is 11.6 Å². The van der Waals surface area contributed by atoms with Crippen LogP contribution in [0.5, 0.6) is 0 Å². The summed E-state index contributed by atoms with van der Waals surface area (Å²) in [5, 5.41) is 10.9. The second-order valence-corrected chi connectivity index (χ2v) is 3.93. The highest BCUT2D eigenvalue weighted by Gasteiger charge is 2.07. The van der Waals surface area contributed by atoms with Gasteiger partial charge in [0.25, 0.3) is 5.69 Å². The SMILES string of the molecule is CN(C)CC#Cc1cc(Cl)cc([N+](=O)[O-])c1. The highest BCUT2D eigenvalue weighted by atomic mass is 35.5. The summed E-state index contributed by atoms with van der Waals surface area (Å²) >= 11 is 5.75. The van der Waals surface area contributed by atoms with Crippen molar-refractivity contribution in [1.82, 2.24) is 4.90 Å². The van der Waals surface area contributed by atoms with Gasteiger partial charge in [-0.2, -0.15) is 0 Å². The predicted octanol–water partition coefficient (Wildman–Crippen LogP) is 2.16. The van der Waals surface area contributed by atoms with Crippen LogP contribution in [0.15, 0.2) is 18.2 Å². The molecule has 0 spiro atoms. The smallest absolute Gasteiger partial charge is 0.272 e. The van der Waals surface area contributed by atoms with Gasteiger partial charge in [-0.1, -0.05) is 23.4 Å².